The van der Waals surface area contributed by atoms with E-state index < -0.39 is 5.82 Å². The Hall–Kier alpha value is -2.65. The molecular weight excluding hydrogens is 215 g/mol. The van der Waals surface area contributed by atoms with Crippen LogP contribution >= 0.6 is 0 Å². The monoisotopic (exact) mass is 222 g/mol. The molecule has 0 aromatic heterocycles. The zero-order chi connectivity index (χ0) is 12.3. The van der Waals surface area contributed by atoms with E-state index in [0.717, 1.165) is 5.56 Å². The molecule has 2 nitrogen and oxygen atoms in total. The maximum Gasteiger partial charge on any atom is 0.125 e. The van der Waals surface area contributed by atoms with Gasteiger partial charge in [0.2, 0.25) is 0 Å². The maximum atomic E-state index is 13.2. The van der Waals surface area contributed by atoms with E-state index in [1.54, 1.807) is 30.3 Å². The van der Waals surface area contributed by atoms with E-state index in [1.165, 1.54) is 12.1 Å². The van der Waals surface area contributed by atoms with E-state index in [2.05, 4.69) is 0 Å². The third-order valence-electron chi connectivity index (χ3n) is 2.37. The van der Waals surface area contributed by atoms with Crippen LogP contribution in [-0.4, -0.2) is 0 Å². The van der Waals surface area contributed by atoms with E-state index in [9.17, 15) is 4.39 Å². The maximum absolute atomic E-state index is 13.2. The Labute approximate surface area is 98.2 Å². The molecule has 0 aliphatic carbocycles. The van der Waals surface area contributed by atoms with Crippen LogP contribution in [0, 0.1) is 28.5 Å². The molecule has 0 saturated carbocycles. The van der Waals surface area contributed by atoms with Crippen LogP contribution in [0.1, 0.15) is 11.1 Å². The number of hydrogen-bond acceptors (Lipinski definition) is 2. The Kier molecular flexibility index (Phi) is 2.85. The highest BCUT2D eigenvalue weighted by molar-refractivity contribution is 5.66. The van der Waals surface area contributed by atoms with Gasteiger partial charge in [0, 0.05) is 0 Å². The van der Waals surface area contributed by atoms with E-state index in [0.29, 0.717) is 11.1 Å². The molecule has 17 heavy (non-hydrogen) atoms. The average molecular weight is 222 g/mol. The highest BCUT2D eigenvalue weighted by atomic mass is 19.1. The molecule has 0 saturated heterocycles. The lowest BCUT2D eigenvalue weighted by atomic mass is 10.0. The Bertz CT molecular complexity index is 631. The summed E-state index contributed by atoms with van der Waals surface area (Å²) in [4.78, 5) is 0. The van der Waals surface area contributed by atoms with Crippen molar-refractivity contribution >= 4 is 0 Å². The van der Waals surface area contributed by atoms with E-state index in [-0.39, 0.29) is 5.56 Å². The molecule has 80 valence electrons. The molecule has 2 rings (SSSR count). The topological polar surface area (TPSA) is 47.6 Å². The molecule has 0 fully saturated rings. The van der Waals surface area contributed by atoms with Crippen LogP contribution in [0.25, 0.3) is 11.1 Å². The van der Waals surface area contributed by atoms with Gasteiger partial charge in [0.25, 0.3) is 0 Å². The second-order valence-corrected chi connectivity index (χ2v) is 3.53. The minimum Gasteiger partial charge on any atom is -0.207 e. The summed E-state index contributed by atoms with van der Waals surface area (Å²) in [5.74, 6) is -0.441. The van der Waals surface area contributed by atoms with Crippen molar-refractivity contribution in [3.63, 3.8) is 0 Å². The molecule has 3 heteroatoms. The molecule has 0 radical (unpaired) electrons. The highest BCUT2D eigenvalue weighted by Crippen LogP contribution is 2.22. The lowest BCUT2D eigenvalue weighted by molar-refractivity contribution is 0.628. The summed E-state index contributed by atoms with van der Waals surface area (Å²) >= 11 is 0. The molecule has 0 spiro atoms. The fraction of sp³-hybridized carbons (Fsp3) is 0. The number of rotatable bonds is 1. The third kappa shape index (κ3) is 2.30. The molecule has 0 bridgehead atoms. The Balaban J connectivity index is 2.50. The molecule has 0 aliphatic heterocycles. The van der Waals surface area contributed by atoms with Gasteiger partial charge >= 0.3 is 0 Å². The van der Waals surface area contributed by atoms with Gasteiger partial charge in [-0.25, -0.2) is 4.39 Å². The lowest BCUT2D eigenvalue weighted by Gasteiger charge is -2.02. The molecule has 2 aromatic carbocycles. The standard InChI is InChI=1S/C14H7FN2/c15-14-6-11(9-17)5-13(7-14)12-3-1-10(8-16)2-4-12/h1-7H. The van der Waals surface area contributed by atoms with Crippen LogP contribution < -0.4 is 0 Å². The molecule has 0 heterocycles. The zero-order valence-electron chi connectivity index (χ0n) is 8.81. The molecule has 0 N–H and O–H groups in total. The first-order valence-electron chi connectivity index (χ1n) is 4.94. The third-order valence-corrected chi connectivity index (χ3v) is 2.37. The SMILES string of the molecule is N#Cc1ccc(-c2cc(F)cc(C#N)c2)cc1. The van der Waals surface area contributed by atoms with Gasteiger partial charge < -0.3 is 0 Å². The molecule has 0 unspecified atom stereocenters. The molecular formula is C14H7FN2. The van der Waals surface area contributed by atoms with Crippen molar-refractivity contribution in [2.24, 2.45) is 0 Å². The van der Waals surface area contributed by atoms with Gasteiger partial charge in [0.15, 0.2) is 0 Å². The van der Waals surface area contributed by atoms with Crippen LogP contribution in [0.4, 0.5) is 4.39 Å². The summed E-state index contributed by atoms with van der Waals surface area (Å²) in [6.45, 7) is 0. The smallest absolute Gasteiger partial charge is 0.125 e. The number of nitrogens with zero attached hydrogens (tertiary/aromatic N) is 2. The normalized spacial score (nSPS) is 9.35. The summed E-state index contributed by atoms with van der Waals surface area (Å²) in [6, 6.07) is 14.9. The van der Waals surface area contributed by atoms with E-state index in [1.807, 2.05) is 12.1 Å². The van der Waals surface area contributed by atoms with Gasteiger partial charge in [0.05, 0.1) is 23.3 Å². The van der Waals surface area contributed by atoms with Crippen molar-refractivity contribution in [2.45, 2.75) is 0 Å². The number of hydrogen-bond donors (Lipinski definition) is 0. The summed E-state index contributed by atoms with van der Waals surface area (Å²) < 4.78 is 13.2. The summed E-state index contributed by atoms with van der Waals surface area (Å²) in [5.41, 5.74) is 2.24. The predicted octanol–water partition coefficient (Wildman–Crippen LogP) is 3.24. The van der Waals surface area contributed by atoms with Crippen molar-refractivity contribution in [3.8, 4) is 23.3 Å². The molecule has 2 aromatic rings. The number of halogens is 1. The predicted molar refractivity (Wildman–Crippen MR) is 61.3 cm³/mol. The largest absolute Gasteiger partial charge is 0.207 e. The van der Waals surface area contributed by atoms with Gasteiger partial charge in [-0.3, -0.25) is 0 Å². The van der Waals surface area contributed by atoms with E-state index >= 15 is 0 Å². The van der Waals surface area contributed by atoms with Crippen molar-refractivity contribution in [2.75, 3.05) is 0 Å². The van der Waals surface area contributed by atoms with Gasteiger partial charge in [-0.1, -0.05) is 12.1 Å². The van der Waals surface area contributed by atoms with Crippen LogP contribution in [-0.2, 0) is 0 Å². The van der Waals surface area contributed by atoms with Gasteiger partial charge in [-0.2, -0.15) is 10.5 Å². The van der Waals surface area contributed by atoms with Crippen LogP contribution in [0.3, 0.4) is 0 Å². The van der Waals surface area contributed by atoms with Gasteiger partial charge in [-0.15, -0.1) is 0 Å². The minimum atomic E-state index is -0.441. The zero-order valence-corrected chi connectivity index (χ0v) is 8.81. The van der Waals surface area contributed by atoms with Gasteiger partial charge in [-0.05, 0) is 41.5 Å². The quantitative estimate of drug-likeness (QED) is 0.743. The molecule has 0 atom stereocenters. The Morgan fingerprint density at radius 2 is 1.41 bits per heavy atom. The summed E-state index contributed by atoms with van der Waals surface area (Å²) in [6.07, 6.45) is 0. The first-order chi connectivity index (χ1) is 8.22. The van der Waals surface area contributed by atoms with E-state index in [4.69, 9.17) is 10.5 Å². The average Bonchev–Trinajstić information content (AvgIpc) is 2.38. The lowest BCUT2D eigenvalue weighted by Crippen LogP contribution is -1.84. The van der Waals surface area contributed by atoms with Crippen LogP contribution in [0.15, 0.2) is 42.5 Å². The first-order valence-corrected chi connectivity index (χ1v) is 4.94. The van der Waals surface area contributed by atoms with Gasteiger partial charge in [0.1, 0.15) is 5.82 Å². The Morgan fingerprint density at radius 1 is 0.765 bits per heavy atom. The van der Waals surface area contributed by atoms with Crippen molar-refractivity contribution < 1.29 is 4.39 Å². The second kappa shape index (κ2) is 4.47. The highest BCUT2D eigenvalue weighted by Gasteiger charge is 2.03. The number of benzene rings is 2. The summed E-state index contributed by atoms with van der Waals surface area (Å²) in [7, 11) is 0. The fourth-order valence-corrected chi connectivity index (χ4v) is 1.56. The molecule has 0 aliphatic rings. The van der Waals surface area contributed by atoms with Crippen molar-refractivity contribution in [3.05, 3.63) is 59.4 Å². The minimum absolute atomic E-state index is 0.282. The molecule has 0 amide bonds. The van der Waals surface area contributed by atoms with Crippen molar-refractivity contribution in [1.82, 2.24) is 0 Å². The van der Waals surface area contributed by atoms with Crippen LogP contribution in [0.2, 0.25) is 0 Å². The van der Waals surface area contributed by atoms with Crippen molar-refractivity contribution in [1.29, 1.82) is 10.5 Å². The first kappa shape index (κ1) is 10.9. The number of nitriles is 2. The van der Waals surface area contributed by atoms with Crippen LogP contribution in [0.5, 0.6) is 0 Å². The second-order valence-electron chi connectivity index (χ2n) is 3.53. The fourth-order valence-electron chi connectivity index (χ4n) is 1.56. The Morgan fingerprint density at radius 3 is 2.00 bits per heavy atom. The summed E-state index contributed by atoms with van der Waals surface area (Å²) in [5, 5.41) is 17.4.